The summed E-state index contributed by atoms with van der Waals surface area (Å²) in [6.07, 6.45) is 0. The predicted molar refractivity (Wildman–Crippen MR) is 83.4 cm³/mol. The molecule has 7 heteroatoms. The highest BCUT2D eigenvalue weighted by molar-refractivity contribution is 9.10. The molecule has 0 amide bonds. The molecule has 0 saturated heterocycles. The van der Waals surface area contributed by atoms with E-state index in [0.717, 1.165) is 0 Å². The summed E-state index contributed by atoms with van der Waals surface area (Å²) < 4.78 is 27.9. The SMILES string of the molecule is CC(NS(=O)(=O)c1c(Cl)cc(Br)cc1Cl)C(C)(C)C. The molecule has 0 spiro atoms. The van der Waals surface area contributed by atoms with Crippen molar-refractivity contribution in [3.63, 3.8) is 0 Å². The summed E-state index contributed by atoms with van der Waals surface area (Å²) in [5.74, 6) is 0. The number of sulfonamides is 1. The van der Waals surface area contributed by atoms with Crippen LogP contribution in [0.3, 0.4) is 0 Å². The molecule has 0 bridgehead atoms. The number of halogens is 3. The fourth-order valence-corrected chi connectivity index (χ4v) is 4.64. The summed E-state index contributed by atoms with van der Waals surface area (Å²) in [7, 11) is -3.76. The monoisotopic (exact) mass is 387 g/mol. The van der Waals surface area contributed by atoms with Crippen LogP contribution < -0.4 is 4.72 Å². The second-order valence-electron chi connectivity index (χ2n) is 5.41. The van der Waals surface area contributed by atoms with Crippen molar-refractivity contribution in [3.05, 3.63) is 26.7 Å². The fourth-order valence-electron chi connectivity index (χ4n) is 1.25. The highest BCUT2D eigenvalue weighted by Crippen LogP contribution is 2.33. The molecule has 0 heterocycles. The van der Waals surface area contributed by atoms with E-state index >= 15 is 0 Å². The Morgan fingerprint density at radius 3 is 2.00 bits per heavy atom. The highest BCUT2D eigenvalue weighted by atomic mass is 79.9. The van der Waals surface area contributed by atoms with Gasteiger partial charge in [0.1, 0.15) is 4.90 Å². The average molecular weight is 389 g/mol. The van der Waals surface area contributed by atoms with E-state index < -0.39 is 10.0 Å². The number of benzene rings is 1. The molecule has 0 aliphatic carbocycles. The average Bonchev–Trinajstić information content (AvgIpc) is 2.11. The minimum absolute atomic E-state index is 0.0878. The Bertz CT molecular complexity index is 559. The van der Waals surface area contributed by atoms with Gasteiger partial charge in [0.25, 0.3) is 0 Å². The predicted octanol–water partition coefficient (Wildman–Crippen LogP) is 4.47. The maximum Gasteiger partial charge on any atom is 0.243 e. The zero-order valence-corrected chi connectivity index (χ0v) is 15.0. The van der Waals surface area contributed by atoms with Gasteiger partial charge in [0.15, 0.2) is 0 Å². The summed E-state index contributed by atoms with van der Waals surface area (Å²) >= 11 is 15.2. The Morgan fingerprint density at radius 1 is 1.21 bits per heavy atom. The number of rotatable bonds is 3. The molecule has 19 heavy (non-hydrogen) atoms. The Kier molecular flexibility index (Phi) is 5.35. The van der Waals surface area contributed by atoms with Gasteiger partial charge >= 0.3 is 0 Å². The van der Waals surface area contributed by atoms with Crippen LogP contribution in [0.15, 0.2) is 21.5 Å². The molecule has 0 aromatic heterocycles. The van der Waals surface area contributed by atoms with E-state index in [9.17, 15) is 8.42 Å². The highest BCUT2D eigenvalue weighted by Gasteiger charge is 2.29. The summed E-state index contributed by atoms with van der Waals surface area (Å²) in [5, 5.41) is 0.181. The van der Waals surface area contributed by atoms with Crippen LogP contribution in [0, 0.1) is 5.41 Å². The standard InChI is InChI=1S/C12H16BrCl2NO2S/c1-7(12(2,3)4)16-19(17,18)11-9(14)5-8(13)6-10(11)15/h5-7,16H,1-4H3. The first-order chi connectivity index (χ1) is 8.45. The lowest BCUT2D eigenvalue weighted by atomic mass is 9.89. The summed E-state index contributed by atoms with van der Waals surface area (Å²) in [6.45, 7) is 7.65. The van der Waals surface area contributed by atoms with Crippen LogP contribution in [0.1, 0.15) is 27.7 Å². The van der Waals surface area contributed by atoms with Crippen LogP contribution in [0.4, 0.5) is 0 Å². The maximum atomic E-state index is 12.3. The largest absolute Gasteiger partial charge is 0.243 e. The third-order valence-corrected chi connectivity index (χ3v) is 5.78. The van der Waals surface area contributed by atoms with E-state index in [1.807, 2.05) is 20.8 Å². The first-order valence-corrected chi connectivity index (χ1v) is 8.65. The van der Waals surface area contributed by atoms with Crippen molar-refractivity contribution in [2.45, 2.75) is 38.6 Å². The molecule has 1 aromatic rings. The van der Waals surface area contributed by atoms with Crippen LogP contribution in [-0.2, 0) is 10.0 Å². The first-order valence-electron chi connectivity index (χ1n) is 5.62. The minimum Gasteiger partial charge on any atom is -0.208 e. The van der Waals surface area contributed by atoms with Gasteiger partial charge in [-0.2, -0.15) is 0 Å². The molecule has 1 aromatic carbocycles. The topological polar surface area (TPSA) is 46.2 Å². The van der Waals surface area contributed by atoms with Crippen molar-refractivity contribution in [1.82, 2.24) is 4.72 Å². The maximum absolute atomic E-state index is 12.3. The van der Waals surface area contributed by atoms with E-state index in [-0.39, 0.29) is 26.4 Å². The van der Waals surface area contributed by atoms with Gasteiger partial charge in [-0.1, -0.05) is 59.9 Å². The van der Waals surface area contributed by atoms with Gasteiger partial charge in [0, 0.05) is 10.5 Å². The third-order valence-electron chi connectivity index (χ3n) is 2.86. The lowest BCUT2D eigenvalue weighted by molar-refractivity contribution is 0.317. The van der Waals surface area contributed by atoms with Crippen LogP contribution >= 0.6 is 39.1 Å². The number of nitrogens with one attached hydrogen (secondary N) is 1. The number of hydrogen-bond acceptors (Lipinski definition) is 2. The minimum atomic E-state index is -3.76. The molecule has 3 nitrogen and oxygen atoms in total. The Morgan fingerprint density at radius 2 is 1.63 bits per heavy atom. The molecule has 1 N–H and O–H groups in total. The Balaban J connectivity index is 3.23. The second kappa shape index (κ2) is 5.90. The quantitative estimate of drug-likeness (QED) is 0.830. The van der Waals surface area contributed by atoms with Crippen LogP contribution in [-0.4, -0.2) is 14.5 Å². The van der Waals surface area contributed by atoms with Gasteiger partial charge in [0.05, 0.1) is 10.0 Å². The van der Waals surface area contributed by atoms with Crippen molar-refractivity contribution in [3.8, 4) is 0 Å². The molecular weight excluding hydrogens is 373 g/mol. The van der Waals surface area contributed by atoms with E-state index in [1.54, 1.807) is 6.92 Å². The lowest BCUT2D eigenvalue weighted by Crippen LogP contribution is -2.41. The van der Waals surface area contributed by atoms with Gasteiger partial charge in [-0.05, 0) is 24.5 Å². The Hall–Kier alpha value is 0.190. The summed E-state index contributed by atoms with van der Waals surface area (Å²) in [4.78, 5) is -0.0878. The smallest absolute Gasteiger partial charge is 0.208 e. The third kappa shape index (κ3) is 4.33. The molecule has 0 radical (unpaired) electrons. The van der Waals surface area contributed by atoms with Crippen molar-refractivity contribution in [2.24, 2.45) is 5.41 Å². The fraction of sp³-hybridized carbons (Fsp3) is 0.500. The second-order valence-corrected chi connectivity index (χ2v) is 8.79. The molecule has 1 unspecified atom stereocenters. The lowest BCUT2D eigenvalue weighted by Gasteiger charge is -2.28. The normalized spacial score (nSPS) is 14.5. The van der Waals surface area contributed by atoms with E-state index in [2.05, 4.69) is 20.7 Å². The summed E-state index contributed by atoms with van der Waals surface area (Å²) in [6, 6.07) is 2.75. The van der Waals surface area contributed by atoms with Crippen molar-refractivity contribution in [2.75, 3.05) is 0 Å². The van der Waals surface area contributed by atoms with E-state index in [1.165, 1.54) is 12.1 Å². The first kappa shape index (κ1) is 17.2. The van der Waals surface area contributed by atoms with Crippen LogP contribution in [0.25, 0.3) is 0 Å². The Labute approximate surface area is 132 Å². The van der Waals surface area contributed by atoms with Gasteiger partial charge in [-0.25, -0.2) is 13.1 Å². The number of hydrogen-bond donors (Lipinski definition) is 1. The van der Waals surface area contributed by atoms with Gasteiger partial charge in [0.2, 0.25) is 10.0 Å². The zero-order chi connectivity index (χ0) is 15.0. The zero-order valence-electron chi connectivity index (χ0n) is 11.1. The van der Waals surface area contributed by atoms with Crippen molar-refractivity contribution >= 4 is 49.2 Å². The molecule has 0 saturated carbocycles. The molecule has 108 valence electrons. The molecule has 0 fully saturated rings. The molecule has 0 aliphatic heterocycles. The van der Waals surface area contributed by atoms with Gasteiger partial charge < -0.3 is 0 Å². The van der Waals surface area contributed by atoms with E-state index in [0.29, 0.717) is 4.47 Å². The van der Waals surface area contributed by atoms with Crippen LogP contribution in [0.5, 0.6) is 0 Å². The molecular formula is C12H16BrCl2NO2S. The summed E-state index contributed by atoms with van der Waals surface area (Å²) in [5.41, 5.74) is -0.207. The van der Waals surface area contributed by atoms with Gasteiger partial charge in [-0.3, -0.25) is 0 Å². The van der Waals surface area contributed by atoms with Gasteiger partial charge in [-0.15, -0.1) is 0 Å². The molecule has 1 rings (SSSR count). The van der Waals surface area contributed by atoms with Crippen LogP contribution in [0.2, 0.25) is 10.0 Å². The molecule has 1 atom stereocenters. The van der Waals surface area contributed by atoms with Crippen molar-refractivity contribution < 1.29 is 8.42 Å². The van der Waals surface area contributed by atoms with Crippen molar-refractivity contribution in [1.29, 1.82) is 0 Å². The van der Waals surface area contributed by atoms with E-state index in [4.69, 9.17) is 23.2 Å². The molecule has 0 aliphatic rings.